The van der Waals surface area contributed by atoms with E-state index in [1.807, 2.05) is 0 Å². The minimum absolute atomic E-state index is 0. The van der Waals surface area contributed by atoms with Crippen LogP contribution in [-0.4, -0.2) is 32.0 Å². The van der Waals surface area contributed by atoms with Gasteiger partial charge in [-0.2, -0.15) is 12.6 Å². The molecule has 0 bridgehead atoms. The van der Waals surface area contributed by atoms with Crippen LogP contribution in [0.1, 0.15) is 71.1 Å². The van der Waals surface area contributed by atoms with E-state index in [1.54, 1.807) is 0 Å². The van der Waals surface area contributed by atoms with Crippen molar-refractivity contribution >= 4 is 38.8 Å². The minimum Gasteiger partial charge on any atom is -0.179 e. The van der Waals surface area contributed by atoms with Crippen LogP contribution in [0.5, 0.6) is 0 Å². The fourth-order valence-electron chi connectivity index (χ4n) is 1.60. The summed E-state index contributed by atoms with van der Waals surface area (Å²) in [5, 5.41) is 0. The van der Waals surface area contributed by atoms with Crippen LogP contribution in [0.4, 0.5) is 0 Å². The van der Waals surface area contributed by atoms with Gasteiger partial charge in [-0.05, 0) is 12.2 Å². The number of unbranched alkanes of at least 4 members (excludes halogenated alkanes) is 9. The van der Waals surface area contributed by atoms with Crippen molar-refractivity contribution in [3.63, 3.8) is 0 Å². The maximum Gasteiger partial charge on any atom is 0 e. The molecule has 0 aromatic rings. The average molecular weight is 411 g/mol. The van der Waals surface area contributed by atoms with Gasteiger partial charge in [-0.15, -0.1) is 0 Å². The summed E-state index contributed by atoms with van der Waals surface area (Å²) in [5.74, 6) is 1.07. The number of thiol groups is 1. The van der Waals surface area contributed by atoms with Crippen molar-refractivity contribution in [2.75, 3.05) is 5.75 Å². The first-order valence-electron chi connectivity index (χ1n) is 6.02. The second-order valence-electron chi connectivity index (χ2n) is 3.91. The van der Waals surface area contributed by atoms with E-state index in [0.717, 1.165) is 5.75 Å². The third kappa shape index (κ3) is 15.7. The summed E-state index contributed by atoms with van der Waals surface area (Å²) in [6.45, 7) is 2.28. The fraction of sp³-hybridized carbons (Fsp3) is 1.00. The van der Waals surface area contributed by atoms with Crippen LogP contribution in [0.2, 0.25) is 0 Å². The van der Waals surface area contributed by atoms with Gasteiger partial charge in [-0.1, -0.05) is 64.7 Å². The van der Waals surface area contributed by atoms with Crippen LogP contribution >= 0.6 is 12.6 Å². The Kier molecular flexibility index (Phi) is 21.0. The summed E-state index contributed by atoms with van der Waals surface area (Å²) in [5.41, 5.74) is 0. The van der Waals surface area contributed by atoms with E-state index in [2.05, 4.69) is 19.6 Å². The van der Waals surface area contributed by atoms with Crippen molar-refractivity contribution in [2.24, 2.45) is 0 Å². The van der Waals surface area contributed by atoms with Gasteiger partial charge in [0.05, 0.1) is 0 Å². The molecule has 0 saturated carbocycles. The van der Waals surface area contributed by atoms with Crippen molar-refractivity contribution in [2.45, 2.75) is 71.1 Å². The predicted molar refractivity (Wildman–Crippen MR) is 71.5 cm³/mol. The van der Waals surface area contributed by atoms with Crippen LogP contribution in [0.3, 0.4) is 0 Å². The molecule has 0 unspecified atom stereocenters. The van der Waals surface area contributed by atoms with Crippen molar-refractivity contribution < 1.29 is 0 Å². The van der Waals surface area contributed by atoms with E-state index in [9.17, 15) is 0 Å². The summed E-state index contributed by atoms with van der Waals surface area (Å²) < 4.78 is 0. The second-order valence-corrected chi connectivity index (χ2v) is 4.35. The largest absolute Gasteiger partial charge is 0.179 e. The first-order chi connectivity index (χ1) is 6.41. The standard InChI is InChI=1S/C12H26S.Bi/c1-2-3-4-5-6-7-8-9-10-11-12-13;/h13H,2-12H2,1H3;. The molecule has 0 heterocycles. The molecule has 0 aliphatic rings. The minimum atomic E-state index is 0. The second kappa shape index (κ2) is 16.7. The van der Waals surface area contributed by atoms with Gasteiger partial charge in [0.15, 0.2) is 0 Å². The SMILES string of the molecule is CCCCCCCCCCCCS.[Bi]. The Morgan fingerprint density at radius 2 is 1.00 bits per heavy atom. The van der Waals surface area contributed by atoms with E-state index >= 15 is 0 Å². The number of hydrogen-bond acceptors (Lipinski definition) is 1. The van der Waals surface area contributed by atoms with Crippen molar-refractivity contribution in [3.05, 3.63) is 0 Å². The van der Waals surface area contributed by atoms with Gasteiger partial charge >= 0.3 is 0 Å². The van der Waals surface area contributed by atoms with Crippen LogP contribution in [-0.2, 0) is 0 Å². The van der Waals surface area contributed by atoms with Crippen molar-refractivity contribution in [3.8, 4) is 0 Å². The molecule has 0 amide bonds. The van der Waals surface area contributed by atoms with Gasteiger partial charge in [0.25, 0.3) is 0 Å². The smallest absolute Gasteiger partial charge is 0 e. The topological polar surface area (TPSA) is 0 Å². The average Bonchev–Trinajstić information content (AvgIpc) is 2.16. The zero-order valence-electron chi connectivity index (χ0n) is 9.67. The first kappa shape index (κ1) is 17.6. The van der Waals surface area contributed by atoms with Gasteiger partial charge in [0.1, 0.15) is 0 Å². The van der Waals surface area contributed by atoms with E-state index in [1.165, 1.54) is 64.2 Å². The van der Waals surface area contributed by atoms with Crippen LogP contribution in [0, 0.1) is 0 Å². The molecular formula is C12H26BiS. The molecule has 2 heteroatoms. The van der Waals surface area contributed by atoms with Gasteiger partial charge in [0.2, 0.25) is 0 Å². The maximum absolute atomic E-state index is 4.20. The number of hydrogen-bond donors (Lipinski definition) is 1. The molecule has 85 valence electrons. The Bertz CT molecular complexity index is 76.4. The summed E-state index contributed by atoms with van der Waals surface area (Å²) in [6, 6.07) is 0. The summed E-state index contributed by atoms with van der Waals surface area (Å²) in [6.07, 6.45) is 14.2. The van der Waals surface area contributed by atoms with E-state index in [4.69, 9.17) is 0 Å². The number of rotatable bonds is 10. The molecule has 0 aromatic carbocycles. The fourth-order valence-corrected chi connectivity index (χ4v) is 1.82. The van der Waals surface area contributed by atoms with Gasteiger partial charge < -0.3 is 0 Å². The van der Waals surface area contributed by atoms with Gasteiger partial charge in [-0.25, -0.2) is 0 Å². The molecule has 0 aliphatic heterocycles. The van der Waals surface area contributed by atoms with Crippen molar-refractivity contribution in [1.29, 1.82) is 0 Å². The Morgan fingerprint density at radius 1 is 0.643 bits per heavy atom. The zero-order valence-corrected chi connectivity index (χ0v) is 14.0. The molecule has 0 atom stereocenters. The summed E-state index contributed by atoms with van der Waals surface area (Å²) in [7, 11) is 0. The zero-order chi connectivity index (χ0) is 9.78. The molecular weight excluding hydrogens is 385 g/mol. The van der Waals surface area contributed by atoms with E-state index < -0.39 is 0 Å². The Hall–Kier alpha value is 1.23. The molecule has 0 spiro atoms. The summed E-state index contributed by atoms with van der Waals surface area (Å²) in [4.78, 5) is 0. The van der Waals surface area contributed by atoms with E-state index in [-0.39, 0.29) is 26.2 Å². The monoisotopic (exact) mass is 411 g/mol. The Labute approximate surface area is 115 Å². The quantitative estimate of drug-likeness (QED) is 0.306. The van der Waals surface area contributed by atoms with Crippen LogP contribution < -0.4 is 0 Å². The maximum atomic E-state index is 4.20. The summed E-state index contributed by atoms with van der Waals surface area (Å²) >= 11 is 4.20. The third-order valence-corrected chi connectivity index (χ3v) is 2.83. The third-order valence-electron chi connectivity index (χ3n) is 2.51. The molecule has 0 N–H and O–H groups in total. The molecule has 3 radical (unpaired) electrons. The molecule has 0 fully saturated rings. The molecule has 0 aromatic heterocycles. The molecule has 0 nitrogen and oxygen atoms in total. The van der Waals surface area contributed by atoms with E-state index in [0.29, 0.717) is 0 Å². The van der Waals surface area contributed by atoms with Crippen LogP contribution in [0.25, 0.3) is 0 Å². The van der Waals surface area contributed by atoms with Gasteiger partial charge in [0, 0.05) is 26.2 Å². The molecule has 0 rings (SSSR count). The van der Waals surface area contributed by atoms with Crippen molar-refractivity contribution in [1.82, 2.24) is 0 Å². The predicted octanol–water partition coefficient (Wildman–Crippen LogP) is 4.46. The molecule has 0 aliphatic carbocycles. The van der Waals surface area contributed by atoms with Crippen LogP contribution in [0.15, 0.2) is 0 Å². The molecule has 0 saturated heterocycles. The van der Waals surface area contributed by atoms with Gasteiger partial charge in [-0.3, -0.25) is 0 Å². The normalized spacial score (nSPS) is 9.86. The Balaban J connectivity index is 0. The first-order valence-corrected chi connectivity index (χ1v) is 6.66. The Morgan fingerprint density at radius 3 is 1.36 bits per heavy atom. The molecule has 14 heavy (non-hydrogen) atoms.